The number of hydrogen-bond acceptors (Lipinski definition) is 9. The fourth-order valence-corrected chi connectivity index (χ4v) is 4.36. The summed E-state index contributed by atoms with van der Waals surface area (Å²) in [5.74, 6) is 1.09. The Morgan fingerprint density at radius 2 is 2.00 bits per heavy atom. The van der Waals surface area contributed by atoms with Gasteiger partial charge in [0.15, 0.2) is 5.13 Å². The van der Waals surface area contributed by atoms with Crippen LogP contribution in [0.25, 0.3) is 21.7 Å². The van der Waals surface area contributed by atoms with E-state index in [1.807, 2.05) is 6.07 Å². The minimum absolute atomic E-state index is 0.481. The highest BCUT2D eigenvalue weighted by Gasteiger charge is 2.20. The first-order valence-corrected chi connectivity index (χ1v) is 10.1. The monoisotopic (exact) mass is 393 g/mol. The molecular weight excluding hydrogens is 374 g/mol. The van der Waals surface area contributed by atoms with Crippen LogP contribution in [0.5, 0.6) is 0 Å². The lowest BCUT2D eigenvalue weighted by atomic mass is 10.3. The lowest BCUT2D eigenvalue weighted by Gasteiger charge is -2.20. The molecule has 1 aliphatic rings. The van der Waals surface area contributed by atoms with Gasteiger partial charge in [0.1, 0.15) is 5.69 Å². The molecule has 28 heavy (non-hydrogen) atoms. The highest BCUT2D eigenvalue weighted by atomic mass is 32.1. The molecule has 0 N–H and O–H groups in total. The summed E-state index contributed by atoms with van der Waals surface area (Å²) in [4.78, 5) is 22.2. The van der Waals surface area contributed by atoms with Crippen molar-refractivity contribution >= 4 is 26.7 Å². The molecule has 3 aromatic heterocycles. The molecule has 0 bridgehead atoms. The molecule has 4 heterocycles. The van der Waals surface area contributed by atoms with Crippen LogP contribution in [-0.4, -0.2) is 56.2 Å². The molecule has 1 aliphatic heterocycles. The van der Waals surface area contributed by atoms with Gasteiger partial charge < -0.3 is 9.42 Å². The van der Waals surface area contributed by atoms with Crippen LogP contribution in [0.15, 0.2) is 47.4 Å². The summed E-state index contributed by atoms with van der Waals surface area (Å²) in [6, 6.07) is 8.30. The minimum atomic E-state index is 0.481. The van der Waals surface area contributed by atoms with Gasteiger partial charge in [0.25, 0.3) is 0 Å². The van der Waals surface area contributed by atoms with Crippen molar-refractivity contribution in [1.82, 2.24) is 30.0 Å². The first-order valence-electron chi connectivity index (χ1n) is 9.27. The molecule has 142 valence electrons. The van der Waals surface area contributed by atoms with Gasteiger partial charge in [-0.15, -0.1) is 0 Å². The Hall–Kier alpha value is -2.91. The predicted molar refractivity (Wildman–Crippen MR) is 107 cm³/mol. The van der Waals surface area contributed by atoms with E-state index in [9.17, 15) is 0 Å². The van der Waals surface area contributed by atoms with Gasteiger partial charge in [-0.1, -0.05) is 28.6 Å². The standard InChI is InChI=1S/C19H19N7OS/c1-2-5-16-14(4-1)22-19(28-16)26-9-3-8-25(10-11-26)13-17-23-18(24-27-17)15-12-20-6-7-21-15/h1-2,4-7,12H,3,8-11,13H2. The highest BCUT2D eigenvalue weighted by Crippen LogP contribution is 2.29. The van der Waals surface area contributed by atoms with E-state index < -0.39 is 0 Å². The zero-order valence-corrected chi connectivity index (χ0v) is 16.0. The number of thiazole rings is 1. The van der Waals surface area contributed by atoms with Crippen molar-refractivity contribution in [2.45, 2.75) is 13.0 Å². The van der Waals surface area contributed by atoms with Crippen LogP contribution < -0.4 is 4.90 Å². The van der Waals surface area contributed by atoms with E-state index >= 15 is 0 Å². The average Bonchev–Trinajstić information content (AvgIpc) is 3.31. The molecule has 0 spiro atoms. The van der Waals surface area contributed by atoms with Crippen LogP contribution >= 0.6 is 11.3 Å². The number of para-hydroxylation sites is 1. The van der Waals surface area contributed by atoms with Crippen LogP contribution in [-0.2, 0) is 6.54 Å². The van der Waals surface area contributed by atoms with Crippen molar-refractivity contribution in [3.8, 4) is 11.5 Å². The molecule has 0 radical (unpaired) electrons. The van der Waals surface area contributed by atoms with Gasteiger partial charge in [-0.2, -0.15) is 4.98 Å². The summed E-state index contributed by atoms with van der Waals surface area (Å²) >= 11 is 1.76. The van der Waals surface area contributed by atoms with Gasteiger partial charge in [-0.25, -0.2) is 9.97 Å². The first-order chi connectivity index (χ1) is 13.8. The maximum Gasteiger partial charge on any atom is 0.241 e. The molecule has 1 aromatic carbocycles. The van der Waals surface area contributed by atoms with Gasteiger partial charge in [-0.3, -0.25) is 9.88 Å². The molecule has 0 unspecified atom stereocenters. The number of nitrogens with zero attached hydrogens (tertiary/aromatic N) is 7. The summed E-state index contributed by atoms with van der Waals surface area (Å²) in [5.41, 5.74) is 1.70. The van der Waals surface area contributed by atoms with E-state index in [0.29, 0.717) is 24.0 Å². The quantitative estimate of drug-likeness (QED) is 0.523. The summed E-state index contributed by atoms with van der Waals surface area (Å²) < 4.78 is 6.66. The molecule has 0 aliphatic carbocycles. The zero-order valence-electron chi connectivity index (χ0n) is 15.2. The predicted octanol–water partition coefficient (Wildman–Crippen LogP) is 2.85. The second-order valence-corrected chi connectivity index (χ2v) is 7.69. The second kappa shape index (κ2) is 7.61. The van der Waals surface area contributed by atoms with Crippen LogP contribution in [0.1, 0.15) is 12.3 Å². The summed E-state index contributed by atoms with van der Waals surface area (Å²) in [6.45, 7) is 4.50. The van der Waals surface area contributed by atoms with E-state index in [2.05, 4.69) is 48.1 Å². The maximum absolute atomic E-state index is 5.42. The second-order valence-electron chi connectivity index (χ2n) is 6.68. The average molecular weight is 393 g/mol. The molecule has 5 rings (SSSR count). The van der Waals surface area contributed by atoms with Gasteiger partial charge in [-0.05, 0) is 18.6 Å². The number of hydrogen-bond donors (Lipinski definition) is 0. The SMILES string of the molecule is c1ccc2sc(N3CCCN(Cc4nc(-c5cnccn5)no4)CC3)nc2c1. The van der Waals surface area contributed by atoms with Crippen molar-refractivity contribution in [3.63, 3.8) is 0 Å². The molecule has 1 saturated heterocycles. The fourth-order valence-electron chi connectivity index (χ4n) is 3.34. The van der Waals surface area contributed by atoms with Gasteiger partial charge in [0.2, 0.25) is 11.7 Å². The lowest BCUT2D eigenvalue weighted by Crippen LogP contribution is -2.30. The summed E-state index contributed by atoms with van der Waals surface area (Å²) in [5, 5.41) is 5.13. The molecule has 0 amide bonds. The van der Waals surface area contributed by atoms with E-state index in [-0.39, 0.29) is 0 Å². The van der Waals surface area contributed by atoms with E-state index in [1.54, 1.807) is 29.9 Å². The smallest absolute Gasteiger partial charge is 0.241 e. The normalized spacial score (nSPS) is 15.8. The van der Waals surface area contributed by atoms with Gasteiger partial charge in [0, 0.05) is 38.6 Å². The highest BCUT2D eigenvalue weighted by molar-refractivity contribution is 7.22. The van der Waals surface area contributed by atoms with Crippen LogP contribution in [0.4, 0.5) is 5.13 Å². The zero-order chi connectivity index (χ0) is 18.8. The molecule has 4 aromatic rings. The topological polar surface area (TPSA) is 84.1 Å². The van der Waals surface area contributed by atoms with Crippen LogP contribution in [0.3, 0.4) is 0 Å². The Kier molecular flexibility index (Phi) is 4.67. The molecule has 0 saturated carbocycles. The number of rotatable bonds is 4. The third kappa shape index (κ3) is 3.58. The van der Waals surface area contributed by atoms with Crippen molar-refractivity contribution < 1.29 is 4.52 Å². The number of benzene rings is 1. The van der Waals surface area contributed by atoms with E-state index in [4.69, 9.17) is 9.51 Å². The molecule has 8 nitrogen and oxygen atoms in total. The minimum Gasteiger partial charge on any atom is -0.347 e. The maximum atomic E-state index is 5.42. The largest absolute Gasteiger partial charge is 0.347 e. The Labute approximate surface area is 165 Å². The molecule has 0 atom stereocenters. The molecule has 9 heteroatoms. The Bertz CT molecular complexity index is 1030. The van der Waals surface area contributed by atoms with Gasteiger partial charge >= 0.3 is 0 Å². The summed E-state index contributed by atoms with van der Waals surface area (Å²) in [7, 11) is 0. The first kappa shape index (κ1) is 17.2. The Morgan fingerprint density at radius 1 is 1.04 bits per heavy atom. The van der Waals surface area contributed by atoms with Crippen molar-refractivity contribution in [1.29, 1.82) is 0 Å². The Morgan fingerprint density at radius 3 is 2.89 bits per heavy atom. The van der Waals surface area contributed by atoms with Crippen LogP contribution in [0, 0.1) is 0 Å². The van der Waals surface area contributed by atoms with E-state index in [1.165, 1.54) is 4.70 Å². The lowest BCUT2D eigenvalue weighted by molar-refractivity contribution is 0.239. The number of aromatic nitrogens is 5. The fraction of sp³-hybridized carbons (Fsp3) is 0.316. The number of fused-ring (bicyclic) bond motifs is 1. The summed E-state index contributed by atoms with van der Waals surface area (Å²) in [6.07, 6.45) is 5.95. The third-order valence-electron chi connectivity index (χ3n) is 4.76. The number of anilines is 1. The van der Waals surface area contributed by atoms with Crippen molar-refractivity contribution in [2.24, 2.45) is 0 Å². The van der Waals surface area contributed by atoms with Gasteiger partial charge in [0.05, 0.1) is 23.0 Å². The van der Waals surface area contributed by atoms with Crippen molar-refractivity contribution in [2.75, 3.05) is 31.1 Å². The Balaban J connectivity index is 1.24. The molecular formula is C19H19N7OS. The van der Waals surface area contributed by atoms with Crippen LogP contribution in [0.2, 0.25) is 0 Å². The third-order valence-corrected chi connectivity index (χ3v) is 5.86. The van der Waals surface area contributed by atoms with Crippen molar-refractivity contribution in [3.05, 3.63) is 48.7 Å². The van der Waals surface area contributed by atoms with E-state index in [0.717, 1.165) is 43.2 Å². The molecule has 1 fully saturated rings.